The van der Waals surface area contributed by atoms with Crippen LogP contribution < -0.4 is 10.6 Å². The fourth-order valence-electron chi connectivity index (χ4n) is 4.17. The smallest absolute Gasteiger partial charge is 0.274 e. The lowest BCUT2D eigenvalue weighted by atomic mass is 10.1. The molecule has 0 fully saturated rings. The van der Waals surface area contributed by atoms with Crippen molar-refractivity contribution >= 4 is 23.1 Å². The normalized spacial score (nSPS) is 17.1. The lowest BCUT2D eigenvalue weighted by Gasteiger charge is -2.18. The molecule has 2 amide bonds. The molecule has 2 heterocycles. The zero-order valence-electron chi connectivity index (χ0n) is 17.7. The summed E-state index contributed by atoms with van der Waals surface area (Å²) in [5.41, 5.74) is 3.72. The van der Waals surface area contributed by atoms with Gasteiger partial charge in [0.25, 0.3) is 11.8 Å². The zero-order chi connectivity index (χ0) is 23.1. The third-order valence-corrected chi connectivity index (χ3v) is 5.87. The fourth-order valence-corrected chi connectivity index (χ4v) is 4.17. The Bertz CT molecular complexity index is 1400. The monoisotopic (exact) mass is 444 g/mol. The first-order valence-corrected chi connectivity index (χ1v) is 10.5. The molecule has 0 radical (unpaired) electrons. The van der Waals surface area contributed by atoms with E-state index < -0.39 is 29.8 Å². The summed E-state index contributed by atoms with van der Waals surface area (Å²) in [5.74, 6) is -1.70. The molecule has 0 spiro atoms. The highest BCUT2D eigenvalue weighted by atomic mass is 19.1. The first kappa shape index (κ1) is 20.8. The number of aryl methyl sites for hydroxylation is 1. The van der Waals surface area contributed by atoms with Crippen molar-refractivity contribution in [3.05, 3.63) is 101 Å². The number of carbonyl (C=O) groups is 2. The Kier molecular flexibility index (Phi) is 5.14. The molecule has 0 unspecified atom stereocenters. The first-order valence-electron chi connectivity index (χ1n) is 10.5. The van der Waals surface area contributed by atoms with Crippen LogP contribution in [0.4, 0.5) is 10.1 Å². The number of pyridine rings is 1. The lowest BCUT2D eigenvalue weighted by molar-refractivity contribution is 0.0857. The molecular formula is C25H21FN4O3. The van der Waals surface area contributed by atoms with Crippen LogP contribution in [0, 0.1) is 12.7 Å². The number of nitrogens with zero attached hydrogens (tertiary/aromatic N) is 2. The number of imidazole rings is 1. The van der Waals surface area contributed by atoms with Gasteiger partial charge in [0, 0.05) is 18.2 Å². The maximum absolute atomic E-state index is 14.5. The average Bonchev–Trinajstić information content (AvgIpc) is 3.35. The van der Waals surface area contributed by atoms with Crippen LogP contribution in [0.2, 0.25) is 0 Å². The Morgan fingerprint density at radius 2 is 1.94 bits per heavy atom. The van der Waals surface area contributed by atoms with Gasteiger partial charge in [-0.3, -0.25) is 14.0 Å². The summed E-state index contributed by atoms with van der Waals surface area (Å²) in [4.78, 5) is 29.9. The molecule has 1 aliphatic carbocycles. The SMILES string of the molecule is Cc1ccn2c(C(=O)Nc3cc(C(=O)N[C@@H]4c5ccccc5C[C@@H]4O)ccc3F)cnc2c1. The van der Waals surface area contributed by atoms with Crippen LogP contribution in [-0.4, -0.2) is 32.4 Å². The molecule has 7 nitrogen and oxygen atoms in total. The predicted molar refractivity (Wildman–Crippen MR) is 121 cm³/mol. The second-order valence-corrected chi connectivity index (χ2v) is 8.15. The number of benzene rings is 2. The number of aromatic nitrogens is 2. The molecule has 5 rings (SSSR count). The molecule has 2 atom stereocenters. The van der Waals surface area contributed by atoms with E-state index in [0.29, 0.717) is 12.1 Å². The van der Waals surface area contributed by atoms with E-state index in [4.69, 9.17) is 0 Å². The molecule has 0 bridgehead atoms. The topological polar surface area (TPSA) is 95.7 Å². The second kappa shape index (κ2) is 8.14. The van der Waals surface area contributed by atoms with Gasteiger partial charge in [-0.2, -0.15) is 0 Å². The summed E-state index contributed by atoms with van der Waals surface area (Å²) in [6.45, 7) is 1.92. The molecule has 4 aromatic rings. The molecule has 8 heteroatoms. The van der Waals surface area contributed by atoms with Gasteiger partial charge in [-0.15, -0.1) is 0 Å². The number of fused-ring (bicyclic) bond motifs is 2. The van der Waals surface area contributed by atoms with Crippen LogP contribution in [0.15, 0.2) is 67.0 Å². The highest BCUT2D eigenvalue weighted by Crippen LogP contribution is 2.31. The van der Waals surface area contributed by atoms with E-state index >= 15 is 0 Å². The summed E-state index contributed by atoms with van der Waals surface area (Å²) in [6.07, 6.45) is 2.84. The molecule has 2 aromatic carbocycles. The summed E-state index contributed by atoms with van der Waals surface area (Å²) < 4.78 is 16.1. The number of nitrogens with one attached hydrogen (secondary N) is 2. The molecule has 1 aliphatic rings. The third-order valence-electron chi connectivity index (χ3n) is 5.87. The minimum atomic E-state index is -0.746. The van der Waals surface area contributed by atoms with E-state index in [1.165, 1.54) is 18.3 Å². The maximum Gasteiger partial charge on any atom is 0.274 e. The number of rotatable bonds is 4. The van der Waals surface area contributed by atoms with Gasteiger partial charge in [-0.25, -0.2) is 9.37 Å². The van der Waals surface area contributed by atoms with E-state index in [0.717, 1.165) is 22.8 Å². The van der Waals surface area contributed by atoms with Crippen LogP contribution >= 0.6 is 0 Å². The minimum Gasteiger partial charge on any atom is -0.390 e. The van der Waals surface area contributed by atoms with Gasteiger partial charge < -0.3 is 15.7 Å². The van der Waals surface area contributed by atoms with Crippen LogP contribution in [0.1, 0.15) is 43.6 Å². The Hall–Kier alpha value is -4.04. The van der Waals surface area contributed by atoms with Crippen molar-refractivity contribution < 1.29 is 19.1 Å². The van der Waals surface area contributed by atoms with E-state index in [-0.39, 0.29) is 16.9 Å². The lowest BCUT2D eigenvalue weighted by Crippen LogP contribution is -2.34. The Morgan fingerprint density at radius 3 is 2.79 bits per heavy atom. The van der Waals surface area contributed by atoms with Gasteiger partial charge in [0.15, 0.2) is 0 Å². The van der Waals surface area contributed by atoms with E-state index in [1.54, 1.807) is 10.6 Å². The van der Waals surface area contributed by atoms with Crippen LogP contribution in [-0.2, 0) is 6.42 Å². The molecule has 0 saturated carbocycles. The number of aliphatic hydroxyl groups is 1. The van der Waals surface area contributed by atoms with E-state index in [2.05, 4.69) is 15.6 Å². The fraction of sp³-hybridized carbons (Fsp3) is 0.160. The number of hydrogen-bond acceptors (Lipinski definition) is 4. The van der Waals surface area contributed by atoms with Crippen molar-refractivity contribution in [1.29, 1.82) is 0 Å². The van der Waals surface area contributed by atoms with Gasteiger partial charge in [-0.1, -0.05) is 24.3 Å². The average molecular weight is 444 g/mol. The summed E-state index contributed by atoms with van der Waals surface area (Å²) in [7, 11) is 0. The van der Waals surface area contributed by atoms with Crippen molar-refractivity contribution in [2.75, 3.05) is 5.32 Å². The van der Waals surface area contributed by atoms with Gasteiger partial charge in [0.1, 0.15) is 17.2 Å². The minimum absolute atomic E-state index is 0.123. The third kappa shape index (κ3) is 3.85. The highest BCUT2D eigenvalue weighted by molar-refractivity contribution is 6.04. The molecule has 2 aromatic heterocycles. The van der Waals surface area contributed by atoms with Crippen molar-refractivity contribution in [3.63, 3.8) is 0 Å². The summed E-state index contributed by atoms with van der Waals surface area (Å²) in [6, 6.07) is 14.4. The number of hydrogen-bond donors (Lipinski definition) is 3. The van der Waals surface area contributed by atoms with Crippen molar-refractivity contribution in [3.8, 4) is 0 Å². The molecule has 0 aliphatic heterocycles. The number of halogens is 1. The number of amides is 2. The highest BCUT2D eigenvalue weighted by Gasteiger charge is 2.32. The summed E-state index contributed by atoms with van der Waals surface area (Å²) >= 11 is 0. The molecule has 3 N–H and O–H groups in total. The Labute approximate surface area is 188 Å². The van der Waals surface area contributed by atoms with Gasteiger partial charge in [-0.05, 0) is 53.9 Å². The van der Waals surface area contributed by atoms with Crippen molar-refractivity contribution in [2.45, 2.75) is 25.5 Å². The number of carbonyl (C=O) groups excluding carboxylic acids is 2. The largest absolute Gasteiger partial charge is 0.390 e. The number of aliphatic hydroxyl groups excluding tert-OH is 1. The van der Waals surface area contributed by atoms with Gasteiger partial charge in [0.2, 0.25) is 0 Å². The molecular weight excluding hydrogens is 423 g/mol. The van der Waals surface area contributed by atoms with E-state index in [9.17, 15) is 19.1 Å². The Balaban J connectivity index is 1.37. The van der Waals surface area contributed by atoms with Crippen LogP contribution in [0.5, 0.6) is 0 Å². The van der Waals surface area contributed by atoms with Crippen LogP contribution in [0.3, 0.4) is 0 Å². The molecule has 33 heavy (non-hydrogen) atoms. The van der Waals surface area contributed by atoms with Gasteiger partial charge >= 0.3 is 0 Å². The van der Waals surface area contributed by atoms with Crippen molar-refractivity contribution in [2.24, 2.45) is 0 Å². The number of anilines is 1. The maximum atomic E-state index is 14.5. The zero-order valence-corrected chi connectivity index (χ0v) is 17.7. The standard InChI is InChI=1S/C25H21FN4O3/c1-14-8-9-30-20(13-27-22(30)10-14)25(33)28-19-11-16(6-7-18(19)26)24(32)29-23-17-5-3-2-4-15(17)12-21(23)31/h2-11,13,21,23,31H,12H2,1H3,(H,28,33)(H,29,32)/t21-,23+/m0/s1. The van der Waals surface area contributed by atoms with E-state index in [1.807, 2.05) is 43.3 Å². The van der Waals surface area contributed by atoms with Crippen molar-refractivity contribution in [1.82, 2.24) is 14.7 Å². The Morgan fingerprint density at radius 1 is 1.12 bits per heavy atom. The summed E-state index contributed by atoms with van der Waals surface area (Å²) in [5, 5.41) is 15.7. The predicted octanol–water partition coefficient (Wildman–Crippen LogP) is 3.42. The second-order valence-electron chi connectivity index (χ2n) is 8.15. The molecule has 0 saturated heterocycles. The first-order chi connectivity index (χ1) is 15.9. The molecule has 166 valence electrons. The quantitative estimate of drug-likeness (QED) is 0.450. The van der Waals surface area contributed by atoms with Crippen LogP contribution in [0.25, 0.3) is 5.65 Å². The van der Waals surface area contributed by atoms with Gasteiger partial charge in [0.05, 0.1) is 24.0 Å².